The van der Waals surface area contributed by atoms with Crippen LogP contribution in [0.2, 0.25) is 0 Å². The number of fused-ring (bicyclic) bond motifs is 1. The summed E-state index contributed by atoms with van der Waals surface area (Å²) in [6.45, 7) is 2.70. The van der Waals surface area contributed by atoms with Crippen molar-refractivity contribution in [2.24, 2.45) is 0 Å². The maximum absolute atomic E-state index is 12.9. The molecule has 1 N–H and O–H groups in total. The van der Waals surface area contributed by atoms with Gasteiger partial charge in [0.25, 0.3) is 0 Å². The number of carbonyl (C=O) groups excluding carboxylic acids is 2. The summed E-state index contributed by atoms with van der Waals surface area (Å²) in [4.78, 5) is 24.2. The molecule has 3 aromatic rings. The molecule has 1 aliphatic heterocycles. The van der Waals surface area contributed by atoms with Crippen LogP contribution in [0.1, 0.15) is 33.7 Å². The molecule has 1 aromatic heterocycles. The van der Waals surface area contributed by atoms with Crippen molar-refractivity contribution in [2.45, 2.75) is 31.3 Å². The number of carbonyl (C=O) groups is 2. The summed E-state index contributed by atoms with van der Waals surface area (Å²) in [5.74, 6) is -0.102. The number of aromatic nitrogens is 1. The quantitative estimate of drug-likeness (QED) is 0.316. The number of nitrogens with one attached hydrogen (secondary N) is 1. The summed E-state index contributed by atoms with van der Waals surface area (Å²) < 4.78 is 82.8. The molecule has 2 aromatic carbocycles. The number of sulfonamides is 1. The number of ketones is 1. The summed E-state index contributed by atoms with van der Waals surface area (Å²) in [5, 5.41) is 0. The Bertz CT molecular complexity index is 1500. The summed E-state index contributed by atoms with van der Waals surface area (Å²) in [6, 6.07) is 10.3. The highest BCUT2D eigenvalue weighted by molar-refractivity contribution is 7.89. The molecule has 38 heavy (non-hydrogen) atoms. The van der Waals surface area contributed by atoms with Crippen molar-refractivity contribution in [1.29, 1.82) is 0 Å². The lowest BCUT2D eigenvalue weighted by Crippen LogP contribution is -2.27. The van der Waals surface area contributed by atoms with Crippen LogP contribution >= 0.6 is 0 Å². The van der Waals surface area contributed by atoms with E-state index in [0.717, 1.165) is 29.6 Å². The van der Waals surface area contributed by atoms with E-state index in [4.69, 9.17) is 14.2 Å². The van der Waals surface area contributed by atoms with Gasteiger partial charge in [0, 0.05) is 35.2 Å². The molecule has 0 spiro atoms. The van der Waals surface area contributed by atoms with E-state index in [1.54, 1.807) is 25.1 Å². The first-order valence-corrected chi connectivity index (χ1v) is 12.8. The van der Waals surface area contributed by atoms with Gasteiger partial charge in [-0.15, -0.1) is 0 Å². The van der Waals surface area contributed by atoms with E-state index in [-0.39, 0.29) is 6.79 Å². The molecule has 202 valence electrons. The highest BCUT2D eigenvalue weighted by Gasteiger charge is 2.31. The fourth-order valence-corrected chi connectivity index (χ4v) is 5.05. The van der Waals surface area contributed by atoms with Crippen LogP contribution in [0.3, 0.4) is 0 Å². The van der Waals surface area contributed by atoms with Gasteiger partial charge in [-0.25, -0.2) is 13.1 Å². The Hall–Kier alpha value is -3.84. The molecule has 0 bridgehead atoms. The number of ether oxygens (including phenoxy) is 3. The molecule has 4 rings (SSSR count). The number of hydrogen-bond donors (Lipinski definition) is 1. The molecule has 0 aliphatic carbocycles. The Morgan fingerprint density at radius 1 is 1.05 bits per heavy atom. The van der Waals surface area contributed by atoms with E-state index in [1.165, 1.54) is 0 Å². The number of hydrogen-bond acceptors (Lipinski definition) is 7. The van der Waals surface area contributed by atoms with Crippen LogP contribution in [-0.4, -0.2) is 44.7 Å². The monoisotopic (exact) mass is 552 g/mol. The Labute approximate surface area is 216 Å². The van der Waals surface area contributed by atoms with Crippen LogP contribution in [0.4, 0.5) is 13.2 Å². The number of benzene rings is 2. The number of esters is 1. The molecule has 13 heteroatoms. The first kappa shape index (κ1) is 27.2. The zero-order valence-electron chi connectivity index (χ0n) is 20.3. The van der Waals surface area contributed by atoms with Crippen molar-refractivity contribution in [1.82, 2.24) is 9.29 Å². The summed E-state index contributed by atoms with van der Waals surface area (Å²) in [7, 11) is -4.30. The van der Waals surface area contributed by atoms with E-state index in [1.807, 2.05) is 17.6 Å². The predicted octanol–water partition coefficient (Wildman–Crippen LogP) is 3.94. The van der Waals surface area contributed by atoms with Crippen molar-refractivity contribution < 1.29 is 45.4 Å². The van der Waals surface area contributed by atoms with Crippen LogP contribution in [0.5, 0.6) is 11.5 Å². The van der Waals surface area contributed by atoms with Crippen LogP contribution < -0.4 is 14.2 Å². The Balaban J connectivity index is 1.32. The zero-order valence-corrected chi connectivity index (χ0v) is 21.1. The second-order valence-corrected chi connectivity index (χ2v) is 10.2. The van der Waals surface area contributed by atoms with Crippen LogP contribution in [-0.2, 0) is 25.7 Å². The lowest BCUT2D eigenvalue weighted by molar-refractivity contribution is -0.142. The third-order valence-electron chi connectivity index (χ3n) is 5.80. The van der Waals surface area contributed by atoms with Crippen molar-refractivity contribution in [3.63, 3.8) is 0 Å². The smallest absolute Gasteiger partial charge is 0.416 e. The van der Waals surface area contributed by atoms with E-state index in [9.17, 15) is 31.2 Å². The first-order chi connectivity index (χ1) is 17.9. The fourth-order valence-electron chi connectivity index (χ4n) is 3.97. The van der Waals surface area contributed by atoms with Crippen molar-refractivity contribution >= 4 is 21.8 Å². The number of halogens is 3. The summed E-state index contributed by atoms with van der Waals surface area (Å²) in [6.07, 6.45) is -5.13. The highest BCUT2D eigenvalue weighted by Crippen LogP contribution is 2.35. The van der Waals surface area contributed by atoms with Crippen LogP contribution in [0.15, 0.2) is 53.4 Å². The first-order valence-electron chi connectivity index (χ1n) is 11.3. The van der Waals surface area contributed by atoms with Gasteiger partial charge >= 0.3 is 12.1 Å². The number of Topliss-reactive ketones (excluding diaryl/α,β-unsaturated/α-hetero) is 1. The van der Waals surface area contributed by atoms with E-state index >= 15 is 0 Å². The van der Waals surface area contributed by atoms with E-state index < -0.39 is 58.0 Å². The summed E-state index contributed by atoms with van der Waals surface area (Å²) >= 11 is 0. The van der Waals surface area contributed by atoms with Gasteiger partial charge in [-0.2, -0.15) is 13.2 Å². The molecule has 0 radical (unpaired) electrons. The van der Waals surface area contributed by atoms with Gasteiger partial charge < -0.3 is 18.8 Å². The van der Waals surface area contributed by atoms with Crippen molar-refractivity contribution in [2.75, 3.05) is 19.9 Å². The van der Waals surface area contributed by atoms with E-state index in [2.05, 4.69) is 4.72 Å². The third kappa shape index (κ3) is 5.83. The molecule has 0 amide bonds. The summed E-state index contributed by atoms with van der Waals surface area (Å²) in [5.41, 5.74) is 1.37. The van der Waals surface area contributed by atoms with Gasteiger partial charge in [-0.1, -0.05) is 6.07 Å². The predicted molar refractivity (Wildman–Crippen MR) is 128 cm³/mol. The molecule has 0 unspecified atom stereocenters. The maximum Gasteiger partial charge on any atom is 0.416 e. The van der Waals surface area contributed by atoms with Crippen LogP contribution in [0.25, 0.3) is 5.69 Å². The molecule has 2 heterocycles. The minimum atomic E-state index is -4.70. The van der Waals surface area contributed by atoms with Gasteiger partial charge in [-0.3, -0.25) is 9.59 Å². The molecular formula is C25H23F3N2O7S. The largest absolute Gasteiger partial charge is 0.457 e. The van der Waals surface area contributed by atoms with Gasteiger partial charge in [0.15, 0.2) is 18.1 Å². The van der Waals surface area contributed by atoms with Crippen LogP contribution in [0, 0.1) is 13.8 Å². The average molecular weight is 553 g/mol. The Morgan fingerprint density at radius 2 is 1.79 bits per heavy atom. The standard InChI is InChI=1S/C25H23F3N2O7S/c1-15-10-20(16(2)30(15)18-6-7-22-23(12-18)37-14-36-22)21(31)13-35-24(32)8-9-29-38(33,34)19-5-3-4-17(11-19)25(26,27)28/h3-7,10-12,29H,8-9,13-14H2,1-2H3. The molecule has 0 fully saturated rings. The molecular weight excluding hydrogens is 529 g/mol. The molecule has 0 atom stereocenters. The highest BCUT2D eigenvalue weighted by atomic mass is 32.2. The lowest BCUT2D eigenvalue weighted by Gasteiger charge is -2.11. The van der Waals surface area contributed by atoms with Gasteiger partial charge in [0.1, 0.15) is 0 Å². The van der Waals surface area contributed by atoms with Crippen molar-refractivity contribution in [3.05, 3.63) is 71.0 Å². The zero-order chi connectivity index (χ0) is 27.7. The Morgan fingerprint density at radius 3 is 2.53 bits per heavy atom. The number of aryl methyl sites for hydroxylation is 1. The lowest BCUT2D eigenvalue weighted by atomic mass is 10.1. The molecule has 0 saturated carbocycles. The third-order valence-corrected chi connectivity index (χ3v) is 7.26. The number of rotatable bonds is 9. The normalized spacial score (nSPS) is 13.0. The number of alkyl halides is 3. The maximum atomic E-state index is 12.9. The topological polar surface area (TPSA) is 113 Å². The van der Waals surface area contributed by atoms with Crippen molar-refractivity contribution in [3.8, 4) is 17.2 Å². The van der Waals surface area contributed by atoms with Gasteiger partial charge in [0.05, 0.1) is 16.9 Å². The van der Waals surface area contributed by atoms with Gasteiger partial charge in [0.2, 0.25) is 22.6 Å². The Kier molecular flexibility index (Phi) is 7.51. The minimum Gasteiger partial charge on any atom is -0.457 e. The number of nitrogens with zero attached hydrogens (tertiary/aromatic N) is 1. The molecule has 1 aliphatic rings. The van der Waals surface area contributed by atoms with Gasteiger partial charge in [-0.05, 0) is 50.2 Å². The minimum absolute atomic E-state index is 0.129. The SMILES string of the molecule is Cc1cc(C(=O)COC(=O)CCNS(=O)(=O)c2cccc(C(F)(F)F)c2)c(C)n1-c1ccc2c(c1)OCO2. The second kappa shape index (κ2) is 10.5. The average Bonchev–Trinajstić information content (AvgIpc) is 3.45. The molecule has 9 nitrogen and oxygen atoms in total. The second-order valence-electron chi connectivity index (χ2n) is 8.42. The molecule has 0 saturated heterocycles. The fraction of sp³-hybridized carbons (Fsp3) is 0.280. The van der Waals surface area contributed by atoms with E-state index in [0.29, 0.717) is 28.8 Å².